The number of ether oxygens (including phenoxy) is 2. The monoisotopic (exact) mass is 267 g/mol. The fourth-order valence-corrected chi connectivity index (χ4v) is 1.57. The van der Waals surface area contributed by atoms with Gasteiger partial charge in [-0.3, -0.25) is 0 Å². The second-order valence-electron chi connectivity index (χ2n) is 5.39. The molecule has 19 heavy (non-hydrogen) atoms. The summed E-state index contributed by atoms with van der Waals surface area (Å²) in [5.41, 5.74) is 0.790. The topological polar surface area (TPSA) is 56.3 Å². The molecule has 0 aromatic carbocycles. The fourth-order valence-electron chi connectivity index (χ4n) is 1.57. The second kappa shape index (κ2) is 6.70. The first kappa shape index (κ1) is 15.7. The highest BCUT2D eigenvalue weighted by molar-refractivity contribution is 5.48. The zero-order valence-electron chi connectivity index (χ0n) is 12.8. The highest BCUT2D eigenvalue weighted by atomic mass is 16.5. The molecule has 0 amide bonds. The zero-order valence-corrected chi connectivity index (χ0v) is 12.8. The van der Waals surface area contributed by atoms with Crippen LogP contribution in [-0.2, 0) is 4.74 Å². The van der Waals surface area contributed by atoms with Gasteiger partial charge in [0.05, 0.1) is 17.8 Å². The van der Waals surface area contributed by atoms with Gasteiger partial charge < -0.3 is 14.8 Å². The number of hydrogen-bond donors (Lipinski definition) is 1. The molecule has 1 rings (SSSR count). The first-order chi connectivity index (χ1) is 8.83. The highest BCUT2D eigenvalue weighted by Crippen LogP contribution is 2.21. The molecule has 0 aliphatic rings. The van der Waals surface area contributed by atoms with Crippen LogP contribution in [0.2, 0.25) is 0 Å². The molecule has 0 unspecified atom stereocenters. The summed E-state index contributed by atoms with van der Waals surface area (Å²) >= 11 is 0. The lowest BCUT2D eigenvalue weighted by molar-refractivity contribution is -0.0169. The zero-order chi connectivity index (χ0) is 14.5. The van der Waals surface area contributed by atoms with E-state index >= 15 is 0 Å². The average Bonchev–Trinajstić information content (AvgIpc) is 2.29. The molecule has 0 aliphatic heterocycles. The summed E-state index contributed by atoms with van der Waals surface area (Å²) in [5.74, 6) is 2.16. The van der Waals surface area contributed by atoms with Gasteiger partial charge in [-0.1, -0.05) is 0 Å². The molecule has 0 saturated heterocycles. The quantitative estimate of drug-likeness (QED) is 0.803. The molecule has 0 atom stereocenters. The van der Waals surface area contributed by atoms with Gasteiger partial charge in [0.2, 0.25) is 5.88 Å². The van der Waals surface area contributed by atoms with Gasteiger partial charge in [-0.15, -0.1) is 0 Å². The molecule has 0 spiro atoms. The first-order valence-electron chi connectivity index (χ1n) is 6.69. The Morgan fingerprint density at radius 1 is 1.11 bits per heavy atom. The molecule has 5 nitrogen and oxygen atoms in total. The Morgan fingerprint density at radius 3 is 2.37 bits per heavy atom. The van der Waals surface area contributed by atoms with Crippen molar-refractivity contribution < 1.29 is 9.47 Å². The molecule has 0 aliphatic carbocycles. The molecule has 1 aromatic rings. The standard InChI is InChI=1S/C14H25N3O2/c1-7-15-12-10(2)13(17-11(3)16-12)18-8-9-19-14(4,5)6/h7-9H2,1-6H3,(H,15,16,17). The third-order valence-electron chi connectivity index (χ3n) is 2.41. The summed E-state index contributed by atoms with van der Waals surface area (Å²) in [6, 6.07) is 0. The summed E-state index contributed by atoms with van der Waals surface area (Å²) in [5, 5.41) is 3.21. The van der Waals surface area contributed by atoms with Crippen LogP contribution in [0.5, 0.6) is 5.88 Å². The van der Waals surface area contributed by atoms with Crippen molar-refractivity contribution in [1.29, 1.82) is 0 Å². The smallest absolute Gasteiger partial charge is 0.221 e. The Labute approximate surface area is 115 Å². The lowest BCUT2D eigenvalue weighted by atomic mass is 10.2. The van der Waals surface area contributed by atoms with Crippen molar-refractivity contribution in [3.63, 3.8) is 0 Å². The van der Waals surface area contributed by atoms with Crippen LogP contribution in [0, 0.1) is 13.8 Å². The predicted octanol–water partition coefficient (Wildman–Crippen LogP) is 2.72. The van der Waals surface area contributed by atoms with Gasteiger partial charge in [0.1, 0.15) is 18.2 Å². The molecule has 1 N–H and O–H groups in total. The van der Waals surface area contributed by atoms with E-state index in [2.05, 4.69) is 15.3 Å². The van der Waals surface area contributed by atoms with Gasteiger partial charge in [0.25, 0.3) is 0 Å². The van der Waals surface area contributed by atoms with Gasteiger partial charge in [-0.25, -0.2) is 4.98 Å². The summed E-state index contributed by atoms with van der Waals surface area (Å²) in [7, 11) is 0. The van der Waals surface area contributed by atoms with Gasteiger partial charge in [-0.2, -0.15) is 4.98 Å². The van der Waals surface area contributed by atoms with Crippen LogP contribution in [0.4, 0.5) is 5.82 Å². The van der Waals surface area contributed by atoms with E-state index < -0.39 is 0 Å². The lowest BCUT2D eigenvalue weighted by Gasteiger charge is -2.19. The average molecular weight is 267 g/mol. The maximum atomic E-state index is 5.68. The highest BCUT2D eigenvalue weighted by Gasteiger charge is 2.12. The van der Waals surface area contributed by atoms with Crippen molar-refractivity contribution in [2.24, 2.45) is 0 Å². The van der Waals surface area contributed by atoms with E-state index in [4.69, 9.17) is 9.47 Å². The van der Waals surface area contributed by atoms with Crippen LogP contribution < -0.4 is 10.1 Å². The summed E-state index contributed by atoms with van der Waals surface area (Å²) < 4.78 is 11.3. The number of anilines is 1. The van der Waals surface area contributed by atoms with E-state index in [1.54, 1.807) is 0 Å². The van der Waals surface area contributed by atoms with Crippen LogP contribution in [0.25, 0.3) is 0 Å². The van der Waals surface area contributed by atoms with Gasteiger partial charge in [-0.05, 0) is 41.5 Å². The molecular weight excluding hydrogens is 242 g/mol. The summed E-state index contributed by atoms with van der Waals surface area (Å²) in [4.78, 5) is 8.68. The van der Waals surface area contributed by atoms with Crippen molar-refractivity contribution in [3.8, 4) is 5.88 Å². The van der Waals surface area contributed by atoms with Crippen molar-refractivity contribution in [1.82, 2.24) is 9.97 Å². The number of nitrogens with zero attached hydrogens (tertiary/aromatic N) is 2. The normalized spacial score (nSPS) is 11.5. The van der Waals surface area contributed by atoms with Gasteiger partial charge in [0, 0.05) is 6.54 Å². The molecule has 108 valence electrons. The molecular formula is C14H25N3O2. The van der Waals surface area contributed by atoms with Crippen molar-refractivity contribution in [2.45, 2.75) is 47.1 Å². The number of aromatic nitrogens is 2. The Bertz CT molecular complexity index is 414. The van der Waals surface area contributed by atoms with Gasteiger partial charge in [0.15, 0.2) is 0 Å². The number of rotatable bonds is 6. The maximum Gasteiger partial charge on any atom is 0.221 e. The third-order valence-corrected chi connectivity index (χ3v) is 2.41. The molecule has 1 aromatic heterocycles. The Morgan fingerprint density at radius 2 is 1.79 bits per heavy atom. The van der Waals surface area contributed by atoms with E-state index in [1.165, 1.54) is 0 Å². The maximum absolute atomic E-state index is 5.68. The Hall–Kier alpha value is -1.36. The van der Waals surface area contributed by atoms with E-state index in [0.717, 1.165) is 17.9 Å². The van der Waals surface area contributed by atoms with E-state index in [-0.39, 0.29) is 5.60 Å². The van der Waals surface area contributed by atoms with Crippen LogP contribution in [0.15, 0.2) is 0 Å². The third kappa shape index (κ3) is 5.42. The molecule has 5 heteroatoms. The minimum Gasteiger partial charge on any atom is -0.475 e. The number of aryl methyl sites for hydroxylation is 1. The van der Waals surface area contributed by atoms with Crippen LogP contribution in [0.1, 0.15) is 39.1 Å². The SMILES string of the molecule is CCNc1nc(C)nc(OCCOC(C)(C)C)c1C. The van der Waals surface area contributed by atoms with Crippen molar-refractivity contribution >= 4 is 5.82 Å². The van der Waals surface area contributed by atoms with Crippen LogP contribution >= 0.6 is 0 Å². The minimum atomic E-state index is -0.144. The van der Waals surface area contributed by atoms with E-state index in [9.17, 15) is 0 Å². The Kier molecular flexibility index (Phi) is 5.54. The molecule has 0 fully saturated rings. The Balaban J connectivity index is 2.63. The molecule has 0 saturated carbocycles. The summed E-state index contributed by atoms with van der Waals surface area (Å²) in [6.45, 7) is 13.8. The molecule has 0 bridgehead atoms. The van der Waals surface area contributed by atoms with E-state index in [0.29, 0.717) is 24.9 Å². The number of hydrogen-bond acceptors (Lipinski definition) is 5. The predicted molar refractivity (Wildman–Crippen MR) is 76.9 cm³/mol. The fraction of sp³-hybridized carbons (Fsp3) is 0.714. The van der Waals surface area contributed by atoms with Crippen LogP contribution in [-0.4, -0.2) is 35.3 Å². The summed E-state index contributed by atoms with van der Waals surface area (Å²) in [6.07, 6.45) is 0. The van der Waals surface area contributed by atoms with Crippen molar-refractivity contribution in [3.05, 3.63) is 11.4 Å². The van der Waals surface area contributed by atoms with Gasteiger partial charge >= 0.3 is 0 Å². The van der Waals surface area contributed by atoms with Crippen molar-refractivity contribution in [2.75, 3.05) is 25.1 Å². The van der Waals surface area contributed by atoms with E-state index in [1.807, 2.05) is 41.5 Å². The lowest BCUT2D eigenvalue weighted by Crippen LogP contribution is -2.22. The largest absolute Gasteiger partial charge is 0.475 e. The number of nitrogens with one attached hydrogen (secondary N) is 1. The van der Waals surface area contributed by atoms with Crippen LogP contribution in [0.3, 0.4) is 0 Å². The molecule has 0 radical (unpaired) electrons. The second-order valence-corrected chi connectivity index (χ2v) is 5.39. The first-order valence-corrected chi connectivity index (χ1v) is 6.69. The molecule has 1 heterocycles. The minimum absolute atomic E-state index is 0.144.